The van der Waals surface area contributed by atoms with Crippen molar-refractivity contribution in [2.75, 3.05) is 31.9 Å². The maximum absolute atomic E-state index is 13.1. The summed E-state index contributed by atoms with van der Waals surface area (Å²) in [5.41, 5.74) is -0.686. The number of likely N-dealkylation sites (tertiary alicyclic amines) is 1. The highest BCUT2D eigenvalue weighted by Crippen LogP contribution is 2.41. The minimum absolute atomic E-state index is 0.0569. The number of nitrogens with zero attached hydrogens (tertiary/aromatic N) is 4. The second-order valence-corrected chi connectivity index (χ2v) is 10.5. The SMILES string of the molecule is CCCCS(=O)(=O)N1CCC2(CC1)OC(C(=O)N1CCCCC1)Cn1ccnc12. The molecule has 1 atom stereocenters. The molecule has 162 valence electrons. The third-order valence-corrected chi connectivity index (χ3v) is 8.43. The molecule has 3 aliphatic heterocycles. The normalized spacial score (nSPS) is 25.1. The summed E-state index contributed by atoms with van der Waals surface area (Å²) in [4.78, 5) is 19.6. The summed E-state index contributed by atoms with van der Waals surface area (Å²) >= 11 is 0. The Morgan fingerprint density at radius 1 is 1.21 bits per heavy atom. The molecule has 4 heterocycles. The van der Waals surface area contributed by atoms with Crippen LogP contribution in [0.25, 0.3) is 0 Å². The number of amides is 1. The number of unbranched alkanes of at least 4 members (excludes halogenated alkanes) is 1. The average Bonchev–Trinajstić information content (AvgIpc) is 3.22. The van der Waals surface area contributed by atoms with Crippen LogP contribution in [-0.2, 0) is 31.7 Å². The molecule has 0 bridgehead atoms. The number of carbonyl (C=O) groups excluding carboxylic acids is 1. The molecule has 3 aliphatic rings. The Hall–Kier alpha value is -1.45. The van der Waals surface area contributed by atoms with E-state index in [9.17, 15) is 13.2 Å². The van der Waals surface area contributed by atoms with Gasteiger partial charge in [-0.05, 0) is 38.5 Å². The third-order valence-electron chi connectivity index (χ3n) is 6.48. The van der Waals surface area contributed by atoms with E-state index < -0.39 is 21.7 Å². The molecule has 4 rings (SSSR count). The van der Waals surface area contributed by atoms with Crippen molar-refractivity contribution < 1.29 is 17.9 Å². The molecule has 1 amide bonds. The number of ether oxygens (including phenoxy) is 1. The molecule has 9 heteroatoms. The lowest BCUT2D eigenvalue weighted by Gasteiger charge is -2.46. The summed E-state index contributed by atoms with van der Waals surface area (Å²) < 4.78 is 35.3. The lowest BCUT2D eigenvalue weighted by molar-refractivity contribution is -0.179. The monoisotopic (exact) mass is 424 g/mol. The molecule has 29 heavy (non-hydrogen) atoms. The Labute approximate surface area is 173 Å². The Bertz CT molecular complexity index is 823. The number of fused-ring (bicyclic) bond motifs is 2. The maximum atomic E-state index is 13.1. The minimum Gasteiger partial charge on any atom is -0.352 e. The molecule has 1 spiro atoms. The highest BCUT2D eigenvalue weighted by molar-refractivity contribution is 7.89. The van der Waals surface area contributed by atoms with Gasteiger partial charge in [0.2, 0.25) is 10.0 Å². The second kappa shape index (κ2) is 8.35. The number of aromatic nitrogens is 2. The zero-order chi connectivity index (χ0) is 20.5. The van der Waals surface area contributed by atoms with Crippen LogP contribution in [-0.4, -0.2) is 71.1 Å². The van der Waals surface area contributed by atoms with Gasteiger partial charge in [0, 0.05) is 38.6 Å². The molecule has 0 aliphatic carbocycles. The van der Waals surface area contributed by atoms with Crippen LogP contribution in [0, 0.1) is 0 Å². The molecule has 2 fully saturated rings. The van der Waals surface area contributed by atoms with Gasteiger partial charge in [0.05, 0.1) is 12.3 Å². The van der Waals surface area contributed by atoms with Gasteiger partial charge >= 0.3 is 0 Å². The van der Waals surface area contributed by atoms with Crippen molar-refractivity contribution in [2.45, 2.75) is 70.1 Å². The fourth-order valence-electron chi connectivity index (χ4n) is 4.77. The van der Waals surface area contributed by atoms with Crippen molar-refractivity contribution >= 4 is 15.9 Å². The highest BCUT2D eigenvalue weighted by Gasteiger charge is 2.49. The van der Waals surface area contributed by atoms with Crippen LogP contribution in [0.3, 0.4) is 0 Å². The van der Waals surface area contributed by atoms with E-state index >= 15 is 0 Å². The lowest BCUT2D eigenvalue weighted by Crippen LogP contribution is -2.55. The van der Waals surface area contributed by atoms with Crippen LogP contribution in [0.2, 0.25) is 0 Å². The van der Waals surface area contributed by atoms with Gasteiger partial charge in [-0.1, -0.05) is 13.3 Å². The first kappa shape index (κ1) is 20.8. The van der Waals surface area contributed by atoms with Crippen molar-refractivity contribution in [1.29, 1.82) is 0 Å². The molecule has 1 unspecified atom stereocenters. The van der Waals surface area contributed by atoms with Crippen molar-refractivity contribution in [3.63, 3.8) is 0 Å². The van der Waals surface area contributed by atoms with E-state index in [0.717, 1.165) is 38.2 Å². The van der Waals surface area contributed by atoms with Gasteiger partial charge in [0.15, 0.2) is 6.10 Å². The molecular weight excluding hydrogens is 392 g/mol. The summed E-state index contributed by atoms with van der Waals surface area (Å²) in [6.07, 6.45) is 8.98. The summed E-state index contributed by atoms with van der Waals surface area (Å²) in [5.74, 6) is 1.08. The molecule has 0 N–H and O–H groups in total. The smallest absolute Gasteiger partial charge is 0.253 e. The van der Waals surface area contributed by atoms with Crippen LogP contribution >= 0.6 is 0 Å². The molecule has 8 nitrogen and oxygen atoms in total. The van der Waals surface area contributed by atoms with Crippen molar-refractivity contribution in [1.82, 2.24) is 18.8 Å². The first-order valence-electron chi connectivity index (χ1n) is 10.9. The first-order chi connectivity index (χ1) is 14.0. The number of imidazole rings is 1. The number of hydrogen-bond donors (Lipinski definition) is 0. The quantitative estimate of drug-likeness (QED) is 0.719. The average molecular weight is 425 g/mol. The van der Waals surface area contributed by atoms with E-state index in [1.54, 1.807) is 10.5 Å². The van der Waals surface area contributed by atoms with E-state index in [1.165, 1.54) is 6.42 Å². The summed E-state index contributed by atoms with van der Waals surface area (Å²) in [6.45, 7) is 4.88. The Kier molecular flexibility index (Phi) is 5.99. The highest BCUT2D eigenvalue weighted by atomic mass is 32.2. The number of sulfonamides is 1. The van der Waals surface area contributed by atoms with E-state index in [-0.39, 0.29) is 11.7 Å². The van der Waals surface area contributed by atoms with Gasteiger partial charge in [-0.15, -0.1) is 0 Å². The largest absolute Gasteiger partial charge is 0.352 e. The topological polar surface area (TPSA) is 84.7 Å². The van der Waals surface area contributed by atoms with Crippen LogP contribution in [0.4, 0.5) is 0 Å². The van der Waals surface area contributed by atoms with Gasteiger partial charge in [0.25, 0.3) is 5.91 Å². The summed E-state index contributed by atoms with van der Waals surface area (Å²) in [7, 11) is -3.24. The summed E-state index contributed by atoms with van der Waals surface area (Å²) in [6, 6.07) is 0. The molecule has 1 aromatic rings. The molecule has 0 radical (unpaired) electrons. The Morgan fingerprint density at radius 3 is 2.62 bits per heavy atom. The van der Waals surface area contributed by atoms with Crippen LogP contribution in [0.5, 0.6) is 0 Å². The maximum Gasteiger partial charge on any atom is 0.253 e. The van der Waals surface area contributed by atoms with E-state index in [0.29, 0.717) is 38.9 Å². The second-order valence-electron chi connectivity index (χ2n) is 8.46. The van der Waals surface area contributed by atoms with Crippen LogP contribution in [0.15, 0.2) is 12.4 Å². The Morgan fingerprint density at radius 2 is 1.93 bits per heavy atom. The number of carbonyl (C=O) groups is 1. The van der Waals surface area contributed by atoms with Crippen LogP contribution < -0.4 is 0 Å². The van der Waals surface area contributed by atoms with Crippen molar-refractivity contribution in [3.8, 4) is 0 Å². The van der Waals surface area contributed by atoms with Gasteiger partial charge in [-0.3, -0.25) is 4.79 Å². The molecular formula is C20H32N4O4S. The van der Waals surface area contributed by atoms with Gasteiger partial charge in [0.1, 0.15) is 11.4 Å². The Balaban J connectivity index is 1.50. The van der Waals surface area contributed by atoms with Crippen molar-refractivity contribution in [2.24, 2.45) is 0 Å². The fraction of sp³-hybridized carbons (Fsp3) is 0.800. The molecule has 2 saturated heterocycles. The van der Waals surface area contributed by atoms with E-state index in [2.05, 4.69) is 4.98 Å². The molecule has 0 saturated carbocycles. The number of rotatable bonds is 5. The molecule has 0 aromatic carbocycles. The van der Waals surface area contributed by atoms with Crippen LogP contribution in [0.1, 0.15) is 57.7 Å². The zero-order valence-electron chi connectivity index (χ0n) is 17.3. The van der Waals surface area contributed by atoms with E-state index in [4.69, 9.17) is 4.74 Å². The third kappa shape index (κ3) is 4.09. The number of piperidine rings is 2. The predicted octanol–water partition coefficient (Wildman–Crippen LogP) is 1.72. The fourth-order valence-corrected chi connectivity index (χ4v) is 6.42. The van der Waals surface area contributed by atoms with E-state index in [1.807, 2.05) is 22.6 Å². The van der Waals surface area contributed by atoms with Crippen molar-refractivity contribution in [3.05, 3.63) is 18.2 Å². The predicted molar refractivity (Wildman–Crippen MR) is 109 cm³/mol. The number of hydrogen-bond acceptors (Lipinski definition) is 5. The zero-order valence-corrected chi connectivity index (χ0v) is 18.1. The summed E-state index contributed by atoms with van der Waals surface area (Å²) in [5, 5.41) is 0. The molecule has 1 aromatic heterocycles. The van der Waals surface area contributed by atoms with Gasteiger partial charge < -0.3 is 14.2 Å². The van der Waals surface area contributed by atoms with Gasteiger partial charge in [-0.25, -0.2) is 17.7 Å². The first-order valence-corrected chi connectivity index (χ1v) is 12.5. The van der Waals surface area contributed by atoms with Gasteiger partial charge in [-0.2, -0.15) is 0 Å². The lowest BCUT2D eigenvalue weighted by atomic mass is 9.89. The minimum atomic E-state index is -3.24. The standard InChI is InChI=1S/C20H32N4O4S/c1-2-3-15-29(26,27)24-12-7-20(8-13-24)19-21-9-14-23(19)16-17(28-20)18(25)22-10-5-4-6-11-22/h9,14,17H,2-8,10-13,15-16H2,1H3.